The summed E-state index contributed by atoms with van der Waals surface area (Å²) in [5, 5.41) is 0.746. The van der Waals surface area contributed by atoms with E-state index < -0.39 is 0 Å². The van der Waals surface area contributed by atoms with Crippen LogP contribution in [0, 0.1) is 0 Å². The van der Waals surface area contributed by atoms with Crippen molar-refractivity contribution in [3.05, 3.63) is 47.0 Å². The Hall–Kier alpha value is -0.790. The van der Waals surface area contributed by atoms with E-state index in [1.54, 1.807) is 0 Å². The monoisotopic (exact) mass is 209 g/mol. The molecule has 1 rings (SSSR count). The Bertz CT molecular complexity index is 303. The Morgan fingerprint density at radius 1 is 1.43 bits per heavy atom. The van der Waals surface area contributed by atoms with Gasteiger partial charge in [-0.05, 0) is 30.5 Å². The molecule has 0 heterocycles. The average Bonchev–Trinajstić information content (AvgIpc) is 2.18. The van der Waals surface area contributed by atoms with Crippen molar-refractivity contribution in [2.75, 3.05) is 0 Å². The molecule has 1 nitrogen and oxygen atoms in total. The van der Waals surface area contributed by atoms with Crippen molar-refractivity contribution in [2.45, 2.75) is 25.8 Å². The van der Waals surface area contributed by atoms with Crippen LogP contribution in [-0.2, 0) is 0 Å². The molecule has 0 aliphatic rings. The zero-order valence-electron chi connectivity index (χ0n) is 8.46. The second kappa shape index (κ2) is 5.18. The van der Waals surface area contributed by atoms with Gasteiger partial charge in [-0.25, -0.2) is 0 Å². The average molecular weight is 210 g/mol. The number of hydrogen-bond donors (Lipinski definition) is 1. The van der Waals surface area contributed by atoms with E-state index in [0.29, 0.717) is 0 Å². The van der Waals surface area contributed by atoms with Gasteiger partial charge < -0.3 is 5.73 Å². The van der Waals surface area contributed by atoms with Gasteiger partial charge in [0, 0.05) is 11.1 Å². The second-order valence-electron chi connectivity index (χ2n) is 3.47. The van der Waals surface area contributed by atoms with Gasteiger partial charge in [-0.3, -0.25) is 0 Å². The largest absolute Gasteiger partial charge is 0.324 e. The number of hydrogen-bond acceptors (Lipinski definition) is 1. The summed E-state index contributed by atoms with van der Waals surface area (Å²) in [5.41, 5.74) is 8.32. The van der Waals surface area contributed by atoms with Crippen LogP contribution >= 0.6 is 11.6 Å². The van der Waals surface area contributed by atoms with Gasteiger partial charge in [0.2, 0.25) is 0 Å². The van der Waals surface area contributed by atoms with E-state index in [1.165, 1.54) is 5.57 Å². The normalized spacial score (nSPS) is 12.5. The Labute approximate surface area is 90.6 Å². The summed E-state index contributed by atoms with van der Waals surface area (Å²) in [5.74, 6) is 0. The van der Waals surface area contributed by atoms with Crippen LogP contribution < -0.4 is 5.73 Å². The highest BCUT2D eigenvalue weighted by Crippen LogP contribution is 2.20. The molecule has 14 heavy (non-hydrogen) atoms. The third-order valence-corrected chi connectivity index (χ3v) is 2.56. The van der Waals surface area contributed by atoms with Crippen molar-refractivity contribution >= 4 is 11.6 Å². The maximum atomic E-state index is 6.02. The van der Waals surface area contributed by atoms with Crippen LogP contribution in [0.25, 0.3) is 0 Å². The third kappa shape index (κ3) is 3.17. The van der Waals surface area contributed by atoms with Crippen molar-refractivity contribution in [3.8, 4) is 0 Å². The predicted octanol–water partition coefficient (Wildman–Crippen LogP) is 3.70. The highest BCUT2D eigenvalue weighted by Gasteiger charge is 2.06. The lowest BCUT2D eigenvalue weighted by molar-refractivity contribution is 0.701. The summed E-state index contributed by atoms with van der Waals surface area (Å²) in [4.78, 5) is 0. The summed E-state index contributed by atoms with van der Waals surface area (Å²) in [7, 11) is 0. The minimum Gasteiger partial charge on any atom is -0.324 e. The summed E-state index contributed by atoms with van der Waals surface area (Å²) < 4.78 is 0. The SMILES string of the molecule is C=C(CC)CC(N)c1ccc(Cl)cc1. The molecule has 2 N–H and O–H groups in total. The third-order valence-electron chi connectivity index (χ3n) is 2.31. The van der Waals surface area contributed by atoms with E-state index >= 15 is 0 Å². The predicted molar refractivity (Wildman–Crippen MR) is 62.4 cm³/mol. The molecule has 0 radical (unpaired) electrons. The molecule has 0 amide bonds. The van der Waals surface area contributed by atoms with Crippen LogP contribution in [0.3, 0.4) is 0 Å². The molecular formula is C12H16ClN. The first kappa shape index (κ1) is 11.3. The van der Waals surface area contributed by atoms with Gasteiger partial charge in [-0.15, -0.1) is 0 Å². The quantitative estimate of drug-likeness (QED) is 0.752. The molecule has 2 heteroatoms. The van der Waals surface area contributed by atoms with Gasteiger partial charge in [0.15, 0.2) is 0 Å². The van der Waals surface area contributed by atoms with Gasteiger partial charge in [-0.1, -0.05) is 42.8 Å². The molecule has 0 saturated heterocycles. The van der Waals surface area contributed by atoms with Crippen LogP contribution in [0.2, 0.25) is 5.02 Å². The van der Waals surface area contributed by atoms with Crippen molar-refractivity contribution < 1.29 is 0 Å². The van der Waals surface area contributed by atoms with Gasteiger partial charge in [0.05, 0.1) is 0 Å². The van der Waals surface area contributed by atoms with E-state index in [4.69, 9.17) is 17.3 Å². The number of halogens is 1. The number of rotatable bonds is 4. The van der Waals surface area contributed by atoms with Crippen LogP contribution in [-0.4, -0.2) is 0 Å². The fourth-order valence-corrected chi connectivity index (χ4v) is 1.41. The first-order valence-electron chi connectivity index (χ1n) is 4.81. The minimum absolute atomic E-state index is 0.0414. The Kier molecular flexibility index (Phi) is 4.18. The first-order chi connectivity index (χ1) is 6.63. The molecule has 76 valence electrons. The number of nitrogens with two attached hydrogens (primary N) is 1. The second-order valence-corrected chi connectivity index (χ2v) is 3.90. The lowest BCUT2D eigenvalue weighted by Crippen LogP contribution is -2.10. The standard InChI is InChI=1S/C12H16ClN/c1-3-9(2)8-12(14)10-4-6-11(13)7-5-10/h4-7,12H,2-3,8,14H2,1H3. The van der Waals surface area contributed by atoms with Crippen LogP contribution in [0.1, 0.15) is 31.4 Å². The van der Waals surface area contributed by atoms with E-state index in [0.717, 1.165) is 23.4 Å². The van der Waals surface area contributed by atoms with Crippen molar-refractivity contribution in [2.24, 2.45) is 5.73 Å². The number of benzene rings is 1. The van der Waals surface area contributed by atoms with Crippen molar-refractivity contribution in [3.63, 3.8) is 0 Å². The van der Waals surface area contributed by atoms with Crippen molar-refractivity contribution in [1.82, 2.24) is 0 Å². The van der Waals surface area contributed by atoms with Gasteiger partial charge in [0.1, 0.15) is 0 Å². The molecule has 1 unspecified atom stereocenters. The summed E-state index contributed by atoms with van der Waals surface area (Å²) in [6, 6.07) is 7.71. The lowest BCUT2D eigenvalue weighted by Gasteiger charge is -2.12. The topological polar surface area (TPSA) is 26.0 Å². The highest BCUT2D eigenvalue weighted by atomic mass is 35.5. The van der Waals surface area contributed by atoms with Gasteiger partial charge in [-0.2, -0.15) is 0 Å². The molecule has 1 aromatic rings. The molecule has 0 aliphatic carbocycles. The summed E-state index contributed by atoms with van der Waals surface area (Å²) in [6.45, 7) is 6.04. The molecule has 0 bridgehead atoms. The van der Waals surface area contributed by atoms with Gasteiger partial charge in [0.25, 0.3) is 0 Å². The van der Waals surface area contributed by atoms with E-state index in [2.05, 4.69) is 13.5 Å². The first-order valence-corrected chi connectivity index (χ1v) is 5.19. The molecule has 1 atom stereocenters. The van der Waals surface area contributed by atoms with E-state index in [1.807, 2.05) is 24.3 Å². The molecule has 0 fully saturated rings. The molecule has 0 spiro atoms. The zero-order chi connectivity index (χ0) is 10.6. The zero-order valence-corrected chi connectivity index (χ0v) is 9.22. The molecule has 0 saturated carbocycles. The Morgan fingerprint density at radius 3 is 2.50 bits per heavy atom. The van der Waals surface area contributed by atoms with Crippen LogP contribution in [0.5, 0.6) is 0 Å². The summed E-state index contributed by atoms with van der Waals surface area (Å²) >= 11 is 5.79. The smallest absolute Gasteiger partial charge is 0.0406 e. The molecule has 0 aromatic heterocycles. The van der Waals surface area contributed by atoms with E-state index in [-0.39, 0.29) is 6.04 Å². The molecular weight excluding hydrogens is 194 g/mol. The lowest BCUT2D eigenvalue weighted by atomic mass is 9.99. The fourth-order valence-electron chi connectivity index (χ4n) is 1.28. The van der Waals surface area contributed by atoms with Gasteiger partial charge >= 0.3 is 0 Å². The maximum absolute atomic E-state index is 6.02. The molecule has 1 aromatic carbocycles. The van der Waals surface area contributed by atoms with Crippen LogP contribution in [0.4, 0.5) is 0 Å². The Morgan fingerprint density at radius 2 is 2.00 bits per heavy atom. The highest BCUT2D eigenvalue weighted by molar-refractivity contribution is 6.30. The fraction of sp³-hybridized carbons (Fsp3) is 0.333. The maximum Gasteiger partial charge on any atom is 0.0406 e. The van der Waals surface area contributed by atoms with Crippen LogP contribution in [0.15, 0.2) is 36.4 Å². The van der Waals surface area contributed by atoms with E-state index in [9.17, 15) is 0 Å². The molecule has 0 aliphatic heterocycles. The van der Waals surface area contributed by atoms with Crippen molar-refractivity contribution in [1.29, 1.82) is 0 Å². The minimum atomic E-state index is 0.0414. The Balaban J connectivity index is 2.65. The summed E-state index contributed by atoms with van der Waals surface area (Å²) in [6.07, 6.45) is 1.83.